The average Bonchev–Trinajstić information content (AvgIpc) is 3.24. The Hall–Kier alpha value is -1.58. The fourth-order valence-corrected chi connectivity index (χ4v) is 3.57. The van der Waals surface area contributed by atoms with Gasteiger partial charge in [-0.05, 0) is 25.3 Å². The van der Waals surface area contributed by atoms with E-state index in [2.05, 4.69) is 51.3 Å². The number of aromatic nitrogens is 4. The molecule has 3 aromatic rings. The van der Waals surface area contributed by atoms with Gasteiger partial charge in [0, 0.05) is 32.6 Å². The van der Waals surface area contributed by atoms with Gasteiger partial charge >= 0.3 is 0 Å². The van der Waals surface area contributed by atoms with E-state index in [0.717, 1.165) is 37.4 Å². The maximum absolute atomic E-state index is 5.64. The van der Waals surface area contributed by atoms with Crippen molar-refractivity contribution in [3.05, 3.63) is 59.8 Å². The maximum atomic E-state index is 5.64. The highest BCUT2D eigenvalue weighted by atomic mass is 127. The van der Waals surface area contributed by atoms with Crippen LogP contribution in [0.15, 0.2) is 42.9 Å². The summed E-state index contributed by atoms with van der Waals surface area (Å²) in [4.78, 5) is 6.59. The van der Waals surface area contributed by atoms with E-state index in [1.807, 2.05) is 10.6 Å². The summed E-state index contributed by atoms with van der Waals surface area (Å²) in [5, 5.41) is 8.70. The first-order chi connectivity index (χ1) is 12.2. The third kappa shape index (κ3) is 3.89. The highest BCUT2D eigenvalue weighted by molar-refractivity contribution is 14.0. The van der Waals surface area contributed by atoms with E-state index in [-0.39, 0.29) is 36.1 Å². The summed E-state index contributed by atoms with van der Waals surface area (Å²) in [5.41, 5.74) is 3.45. The van der Waals surface area contributed by atoms with Crippen LogP contribution in [0.25, 0.3) is 5.65 Å². The molecule has 6 nitrogen and oxygen atoms in total. The van der Waals surface area contributed by atoms with E-state index < -0.39 is 0 Å². The molecule has 0 radical (unpaired) electrons. The summed E-state index contributed by atoms with van der Waals surface area (Å²) in [6, 6.07) is 8.99. The Kier molecular flexibility index (Phi) is 6.20. The van der Waals surface area contributed by atoms with Crippen molar-refractivity contribution in [1.29, 1.82) is 0 Å². The highest BCUT2D eigenvalue weighted by Gasteiger charge is 2.35. The van der Waals surface area contributed by atoms with Crippen molar-refractivity contribution in [2.45, 2.75) is 31.9 Å². The molecule has 1 aliphatic heterocycles. The largest absolute Gasteiger partial charge is 0.380 e. The van der Waals surface area contributed by atoms with Crippen LogP contribution in [-0.4, -0.2) is 50.8 Å². The standard InChI is InChI=1S/C19H23N5O.HI/c1-14-3-5-15(6-4-14)7-9-23-13-16(25-2)11-17(23)19-22-21-18-12-20-8-10-24(18)19;/h3-6,8,10,12,16-17H,7,9,11,13H2,1-2H3;1H/t16-,17+;/m1./s1. The maximum Gasteiger partial charge on any atom is 0.179 e. The molecule has 0 N–H and O–H groups in total. The molecular formula is C19H24IN5O. The number of hydrogen-bond donors (Lipinski definition) is 0. The highest BCUT2D eigenvalue weighted by Crippen LogP contribution is 2.32. The Labute approximate surface area is 170 Å². The molecule has 3 heterocycles. The number of hydrogen-bond acceptors (Lipinski definition) is 5. The van der Waals surface area contributed by atoms with Crippen LogP contribution in [0.3, 0.4) is 0 Å². The molecule has 2 atom stereocenters. The Morgan fingerprint density at radius 2 is 2.00 bits per heavy atom. The van der Waals surface area contributed by atoms with E-state index in [9.17, 15) is 0 Å². The van der Waals surface area contributed by atoms with Crippen molar-refractivity contribution in [2.24, 2.45) is 0 Å². The first kappa shape index (κ1) is 19.2. The smallest absolute Gasteiger partial charge is 0.179 e. The second kappa shape index (κ2) is 8.41. The number of rotatable bonds is 5. The quantitative estimate of drug-likeness (QED) is 0.543. The van der Waals surface area contributed by atoms with Gasteiger partial charge in [-0.15, -0.1) is 34.2 Å². The number of nitrogens with zero attached hydrogens (tertiary/aromatic N) is 5. The molecule has 0 bridgehead atoms. The van der Waals surface area contributed by atoms with Crippen LogP contribution in [0.4, 0.5) is 0 Å². The molecule has 7 heteroatoms. The fraction of sp³-hybridized carbons (Fsp3) is 0.421. The average molecular weight is 465 g/mol. The molecule has 0 saturated carbocycles. The lowest BCUT2D eigenvalue weighted by molar-refractivity contribution is 0.108. The zero-order valence-electron chi connectivity index (χ0n) is 15.1. The number of likely N-dealkylation sites (tertiary alicyclic amines) is 1. The Morgan fingerprint density at radius 3 is 2.77 bits per heavy atom. The van der Waals surface area contributed by atoms with E-state index in [0.29, 0.717) is 0 Å². The zero-order valence-corrected chi connectivity index (χ0v) is 17.4. The Morgan fingerprint density at radius 1 is 1.19 bits per heavy atom. The zero-order chi connectivity index (χ0) is 17.2. The van der Waals surface area contributed by atoms with Crippen molar-refractivity contribution in [3.63, 3.8) is 0 Å². The van der Waals surface area contributed by atoms with Gasteiger partial charge in [-0.25, -0.2) is 0 Å². The Bertz CT molecular complexity index is 851. The molecule has 2 aromatic heterocycles. The lowest BCUT2D eigenvalue weighted by Crippen LogP contribution is -2.28. The van der Waals surface area contributed by atoms with Crippen LogP contribution < -0.4 is 0 Å². The van der Waals surface area contributed by atoms with Crippen molar-refractivity contribution < 1.29 is 4.74 Å². The van der Waals surface area contributed by atoms with Crippen LogP contribution in [0.2, 0.25) is 0 Å². The fourth-order valence-electron chi connectivity index (χ4n) is 3.57. The van der Waals surface area contributed by atoms with Gasteiger partial charge in [-0.1, -0.05) is 29.8 Å². The minimum atomic E-state index is 0. The normalized spacial score (nSPS) is 20.4. The van der Waals surface area contributed by atoms with E-state index in [4.69, 9.17) is 4.74 Å². The molecule has 138 valence electrons. The molecule has 26 heavy (non-hydrogen) atoms. The third-order valence-electron chi connectivity index (χ3n) is 5.05. The van der Waals surface area contributed by atoms with Crippen molar-refractivity contribution in [3.8, 4) is 0 Å². The minimum absolute atomic E-state index is 0. The van der Waals surface area contributed by atoms with Gasteiger partial charge in [0.2, 0.25) is 0 Å². The van der Waals surface area contributed by atoms with Crippen molar-refractivity contribution >= 4 is 29.6 Å². The lowest BCUT2D eigenvalue weighted by Gasteiger charge is -2.22. The van der Waals surface area contributed by atoms with Crippen LogP contribution in [0.1, 0.15) is 29.4 Å². The van der Waals surface area contributed by atoms with Crippen LogP contribution >= 0.6 is 24.0 Å². The molecular weight excluding hydrogens is 441 g/mol. The molecule has 1 fully saturated rings. The van der Waals surface area contributed by atoms with E-state index in [1.54, 1.807) is 19.5 Å². The monoisotopic (exact) mass is 465 g/mol. The molecule has 4 rings (SSSR count). The molecule has 0 unspecified atom stereocenters. The summed E-state index contributed by atoms with van der Waals surface area (Å²) in [5.74, 6) is 0.973. The summed E-state index contributed by atoms with van der Waals surface area (Å²) in [6.07, 6.45) is 7.65. The summed E-state index contributed by atoms with van der Waals surface area (Å²) in [7, 11) is 1.79. The summed E-state index contributed by atoms with van der Waals surface area (Å²) < 4.78 is 7.67. The van der Waals surface area contributed by atoms with Crippen molar-refractivity contribution in [2.75, 3.05) is 20.2 Å². The Balaban J connectivity index is 0.00000196. The predicted octanol–water partition coefficient (Wildman–Crippen LogP) is 3.06. The SMILES string of the molecule is CO[C@@H]1C[C@@H](c2nnc3cnccn23)N(CCc2ccc(C)cc2)C1.I. The van der Waals surface area contributed by atoms with E-state index in [1.165, 1.54) is 11.1 Å². The van der Waals surface area contributed by atoms with Gasteiger partial charge in [0.15, 0.2) is 11.5 Å². The molecule has 1 saturated heterocycles. The first-order valence-electron chi connectivity index (χ1n) is 8.71. The topological polar surface area (TPSA) is 55.6 Å². The first-order valence-corrected chi connectivity index (χ1v) is 8.71. The van der Waals surface area contributed by atoms with E-state index >= 15 is 0 Å². The number of methoxy groups -OCH3 is 1. The number of benzene rings is 1. The predicted molar refractivity (Wildman–Crippen MR) is 111 cm³/mol. The lowest BCUT2D eigenvalue weighted by atomic mass is 10.1. The number of fused-ring (bicyclic) bond motifs is 1. The van der Waals surface area contributed by atoms with Gasteiger partial charge in [0.05, 0.1) is 18.3 Å². The van der Waals surface area contributed by atoms with Gasteiger partial charge in [-0.3, -0.25) is 14.3 Å². The second-order valence-electron chi connectivity index (χ2n) is 6.70. The van der Waals surface area contributed by atoms with Crippen molar-refractivity contribution in [1.82, 2.24) is 24.5 Å². The van der Waals surface area contributed by atoms with Gasteiger partial charge in [0.1, 0.15) is 0 Å². The van der Waals surface area contributed by atoms with Crippen LogP contribution in [-0.2, 0) is 11.2 Å². The number of halogens is 1. The molecule has 0 amide bonds. The van der Waals surface area contributed by atoms with Crippen LogP contribution in [0.5, 0.6) is 0 Å². The molecule has 1 aromatic carbocycles. The number of aryl methyl sites for hydroxylation is 1. The van der Waals surface area contributed by atoms with Gasteiger partial charge in [-0.2, -0.15) is 0 Å². The second-order valence-corrected chi connectivity index (χ2v) is 6.70. The minimum Gasteiger partial charge on any atom is -0.380 e. The number of ether oxygens (including phenoxy) is 1. The summed E-state index contributed by atoms with van der Waals surface area (Å²) in [6.45, 7) is 4.02. The molecule has 1 aliphatic rings. The third-order valence-corrected chi connectivity index (χ3v) is 5.05. The van der Waals surface area contributed by atoms with Gasteiger partial charge in [0.25, 0.3) is 0 Å². The molecule has 0 aliphatic carbocycles. The molecule has 0 spiro atoms. The summed E-state index contributed by atoms with van der Waals surface area (Å²) >= 11 is 0. The van der Waals surface area contributed by atoms with Crippen LogP contribution in [0, 0.1) is 6.92 Å². The van der Waals surface area contributed by atoms with Gasteiger partial charge < -0.3 is 4.74 Å².